The van der Waals surface area contributed by atoms with Crippen molar-refractivity contribution in [3.63, 3.8) is 0 Å². The summed E-state index contributed by atoms with van der Waals surface area (Å²) in [5.74, 6) is 1.80. The molecule has 0 aliphatic rings. The monoisotopic (exact) mass is 320 g/mol. The van der Waals surface area contributed by atoms with Gasteiger partial charge in [0.1, 0.15) is 16.2 Å². The van der Waals surface area contributed by atoms with Crippen LogP contribution in [0.25, 0.3) is 0 Å². The van der Waals surface area contributed by atoms with E-state index < -0.39 is 0 Å². The van der Waals surface area contributed by atoms with Gasteiger partial charge >= 0.3 is 0 Å². The lowest BCUT2D eigenvalue weighted by Crippen LogP contribution is -2.18. The highest BCUT2D eigenvalue weighted by molar-refractivity contribution is 9.10. The normalized spacial score (nSPS) is 10.5. The lowest BCUT2D eigenvalue weighted by Gasteiger charge is -2.18. The van der Waals surface area contributed by atoms with Gasteiger partial charge in [-0.15, -0.1) is 0 Å². The largest absolute Gasteiger partial charge is 0.355 e. The highest BCUT2D eigenvalue weighted by Crippen LogP contribution is 2.18. The van der Waals surface area contributed by atoms with E-state index in [4.69, 9.17) is 0 Å². The van der Waals surface area contributed by atoms with Crippen molar-refractivity contribution in [2.24, 2.45) is 0 Å². The number of anilines is 1. The van der Waals surface area contributed by atoms with Gasteiger partial charge in [-0.2, -0.15) is 0 Å². The fraction of sp³-hybridized carbons (Fsp3) is 0.357. The first-order valence-electron chi connectivity index (χ1n) is 6.32. The molecule has 0 aliphatic heterocycles. The van der Waals surface area contributed by atoms with Gasteiger partial charge in [0, 0.05) is 38.5 Å². The summed E-state index contributed by atoms with van der Waals surface area (Å²) in [6.07, 6.45) is 5.60. The van der Waals surface area contributed by atoms with Crippen LogP contribution in [-0.2, 0) is 13.0 Å². The van der Waals surface area contributed by atoms with Gasteiger partial charge in [0.2, 0.25) is 0 Å². The number of aryl methyl sites for hydroxylation is 1. The Kier molecular flexibility index (Phi) is 4.85. The number of rotatable bonds is 5. The topological polar surface area (TPSA) is 41.9 Å². The Labute approximate surface area is 122 Å². The van der Waals surface area contributed by atoms with Gasteiger partial charge in [-0.25, -0.2) is 9.97 Å². The smallest absolute Gasteiger partial charge is 0.133 e. The van der Waals surface area contributed by atoms with Crippen LogP contribution in [0.5, 0.6) is 0 Å². The summed E-state index contributed by atoms with van der Waals surface area (Å²) in [6.45, 7) is 2.91. The molecule has 0 saturated carbocycles. The zero-order chi connectivity index (χ0) is 13.7. The van der Waals surface area contributed by atoms with Gasteiger partial charge in [0.05, 0.1) is 0 Å². The molecular formula is C14H17BrN4. The maximum absolute atomic E-state index is 4.58. The van der Waals surface area contributed by atoms with Crippen LogP contribution in [-0.4, -0.2) is 22.0 Å². The van der Waals surface area contributed by atoms with Gasteiger partial charge in [0.15, 0.2) is 0 Å². The lowest BCUT2D eigenvalue weighted by molar-refractivity contribution is 0.806. The second-order valence-corrected chi connectivity index (χ2v) is 5.24. The summed E-state index contributed by atoms with van der Waals surface area (Å²) in [5, 5.41) is 0. The Morgan fingerprint density at radius 2 is 2.16 bits per heavy atom. The predicted molar refractivity (Wildman–Crippen MR) is 80.1 cm³/mol. The van der Waals surface area contributed by atoms with E-state index in [1.165, 1.54) is 0 Å². The molecule has 0 N–H and O–H groups in total. The molecule has 2 aromatic rings. The SMILES string of the molecule is CCCc1nc(Br)cc(N(C)Cc2cccnc2)n1. The van der Waals surface area contributed by atoms with E-state index in [0.717, 1.165) is 41.2 Å². The predicted octanol–water partition coefficient (Wildman–Crippen LogP) is 3.22. The van der Waals surface area contributed by atoms with Gasteiger partial charge in [-0.05, 0) is 34.0 Å². The molecule has 0 unspecified atom stereocenters. The first-order valence-corrected chi connectivity index (χ1v) is 7.12. The van der Waals surface area contributed by atoms with Crippen molar-refractivity contribution in [1.82, 2.24) is 15.0 Å². The number of nitrogens with zero attached hydrogens (tertiary/aromatic N) is 4. The molecule has 0 spiro atoms. The van der Waals surface area contributed by atoms with Crippen molar-refractivity contribution in [1.29, 1.82) is 0 Å². The summed E-state index contributed by atoms with van der Waals surface area (Å²) >= 11 is 3.45. The molecule has 19 heavy (non-hydrogen) atoms. The molecule has 4 nitrogen and oxygen atoms in total. The molecule has 0 radical (unpaired) electrons. The molecule has 2 rings (SSSR count). The second-order valence-electron chi connectivity index (χ2n) is 4.43. The Balaban J connectivity index is 2.16. The first kappa shape index (κ1) is 13.9. The van der Waals surface area contributed by atoms with E-state index in [2.05, 4.69) is 48.8 Å². The van der Waals surface area contributed by atoms with E-state index in [1.807, 2.05) is 25.4 Å². The lowest BCUT2D eigenvalue weighted by atomic mass is 10.2. The number of halogens is 1. The second kappa shape index (κ2) is 6.61. The third-order valence-electron chi connectivity index (χ3n) is 2.73. The fourth-order valence-corrected chi connectivity index (χ4v) is 2.24. The Morgan fingerprint density at radius 3 is 2.84 bits per heavy atom. The molecule has 0 aromatic carbocycles. The van der Waals surface area contributed by atoms with E-state index in [9.17, 15) is 0 Å². The molecule has 0 bridgehead atoms. The van der Waals surface area contributed by atoms with Crippen molar-refractivity contribution < 1.29 is 0 Å². The molecule has 0 amide bonds. The van der Waals surface area contributed by atoms with Crippen molar-refractivity contribution in [2.45, 2.75) is 26.3 Å². The third-order valence-corrected chi connectivity index (χ3v) is 3.14. The minimum Gasteiger partial charge on any atom is -0.355 e. The van der Waals surface area contributed by atoms with Crippen LogP contribution in [0.2, 0.25) is 0 Å². The van der Waals surface area contributed by atoms with E-state index >= 15 is 0 Å². The minimum absolute atomic E-state index is 0.781. The quantitative estimate of drug-likeness (QED) is 0.793. The molecule has 0 atom stereocenters. The average molecular weight is 321 g/mol. The summed E-state index contributed by atoms with van der Waals surface area (Å²) < 4.78 is 0.832. The van der Waals surface area contributed by atoms with Crippen molar-refractivity contribution in [3.8, 4) is 0 Å². The molecule has 2 aromatic heterocycles. The van der Waals surface area contributed by atoms with Crippen LogP contribution in [0.3, 0.4) is 0 Å². The molecule has 100 valence electrons. The van der Waals surface area contributed by atoms with E-state index in [0.29, 0.717) is 0 Å². The third kappa shape index (κ3) is 3.99. The summed E-state index contributed by atoms with van der Waals surface area (Å²) in [4.78, 5) is 15.2. The van der Waals surface area contributed by atoms with Crippen LogP contribution in [0.4, 0.5) is 5.82 Å². The molecule has 0 saturated heterocycles. The Hall–Kier alpha value is -1.49. The van der Waals surface area contributed by atoms with Crippen molar-refractivity contribution in [2.75, 3.05) is 11.9 Å². The summed E-state index contributed by atoms with van der Waals surface area (Å²) in [7, 11) is 2.03. The molecule has 0 fully saturated rings. The van der Waals surface area contributed by atoms with Gasteiger partial charge in [0.25, 0.3) is 0 Å². The van der Waals surface area contributed by atoms with Gasteiger partial charge in [-0.1, -0.05) is 13.0 Å². The number of hydrogen-bond acceptors (Lipinski definition) is 4. The van der Waals surface area contributed by atoms with Gasteiger partial charge in [-0.3, -0.25) is 4.98 Å². The molecule has 5 heteroatoms. The Bertz CT molecular complexity index is 530. The van der Waals surface area contributed by atoms with Crippen LogP contribution in [0, 0.1) is 0 Å². The number of pyridine rings is 1. The minimum atomic E-state index is 0.781. The fourth-order valence-electron chi connectivity index (χ4n) is 1.83. The molecular weight excluding hydrogens is 304 g/mol. The van der Waals surface area contributed by atoms with Crippen molar-refractivity contribution >= 4 is 21.7 Å². The summed E-state index contributed by atoms with van der Waals surface area (Å²) in [6, 6.07) is 5.95. The van der Waals surface area contributed by atoms with Crippen LogP contribution in [0.1, 0.15) is 24.7 Å². The summed E-state index contributed by atoms with van der Waals surface area (Å²) in [5.41, 5.74) is 1.16. The average Bonchev–Trinajstić information content (AvgIpc) is 2.39. The highest BCUT2D eigenvalue weighted by atomic mass is 79.9. The number of hydrogen-bond donors (Lipinski definition) is 0. The molecule has 0 aliphatic carbocycles. The Morgan fingerprint density at radius 1 is 1.32 bits per heavy atom. The van der Waals surface area contributed by atoms with Crippen LogP contribution >= 0.6 is 15.9 Å². The zero-order valence-corrected chi connectivity index (χ0v) is 12.8. The first-order chi connectivity index (χ1) is 9.19. The van der Waals surface area contributed by atoms with E-state index in [1.54, 1.807) is 6.20 Å². The van der Waals surface area contributed by atoms with Crippen molar-refractivity contribution in [3.05, 3.63) is 46.6 Å². The molecule has 2 heterocycles. The highest BCUT2D eigenvalue weighted by Gasteiger charge is 2.07. The standard InChI is InChI=1S/C14H17BrN4/c1-3-5-13-17-12(15)8-14(18-13)19(2)10-11-6-4-7-16-9-11/h4,6-9H,3,5,10H2,1-2H3. The van der Waals surface area contributed by atoms with Gasteiger partial charge < -0.3 is 4.90 Å². The van der Waals surface area contributed by atoms with Crippen LogP contribution in [0.15, 0.2) is 35.2 Å². The maximum atomic E-state index is 4.58. The number of aromatic nitrogens is 3. The van der Waals surface area contributed by atoms with Crippen LogP contribution < -0.4 is 4.90 Å². The van der Waals surface area contributed by atoms with E-state index in [-0.39, 0.29) is 0 Å². The maximum Gasteiger partial charge on any atom is 0.133 e. The zero-order valence-electron chi connectivity index (χ0n) is 11.2.